The zero-order valence-corrected chi connectivity index (χ0v) is 15.7. The molecule has 28 heavy (non-hydrogen) atoms. The van der Waals surface area contributed by atoms with Gasteiger partial charge in [-0.2, -0.15) is 0 Å². The second-order valence-electron chi connectivity index (χ2n) is 6.99. The number of amides is 1. The predicted molar refractivity (Wildman–Crippen MR) is 104 cm³/mol. The summed E-state index contributed by atoms with van der Waals surface area (Å²) in [4.78, 5) is 16.8. The fourth-order valence-electron chi connectivity index (χ4n) is 3.64. The fourth-order valence-corrected chi connectivity index (χ4v) is 3.64. The highest BCUT2D eigenvalue weighted by Gasteiger charge is 2.23. The van der Waals surface area contributed by atoms with E-state index in [9.17, 15) is 9.18 Å². The summed E-state index contributed by atoms with van der Waals surface area (Å²) in [5, 5.41) is 2.85. The Hall–Kier alpha value is -3.15. The molecule has 0 aliphatic heterocycles. The number of carbonyl (C=O) groups excluding carboxylic acids is 1. The Morgan fingerprint density at radius 3 is 2.86 bits per heavy atom. The molecule has 1 atom stereocenters. The van der Waals surface area contributed by atoms with Crippen molar-refractivity contribution in [1.82, 2.24) is 14.9 Å². The largest absolute Gasteiger partial charge is 0.484 e. The van der Waals surface area contributed by atoms with E-state index in [0.29, 0.717) is 17.1 Å². The Kier molecular flexibility index (Phi) is 5.10. The monoisotopic (exact) mass is 379 g/mol. The van der Waals surface area contributed by atoms with Gasteiger partial charge in [0.25, 0.3) is 5.91 Å². The Morgan fingerprint density at radius 2 is 2.07 bits per heavy atom. The Labute approximate surface area is 163 Å². The first-order valence-electron chi connectivity index (χ1n) is 9.37. The molecule has 4 rings (SSSR count). The standard InChI is InChI=1S/C22H22FN3O2/c1-26-12-11-24-22(26)21(18-7-2-3-8-19(18)23)25-20(27)14-28-17-10-9-15-5-4-6-16(15)13-17/h2-3,7-13,21H,4-6,14H2,1H3,(H,25,27). The van der Waals surface area contributed by atoms with Crippen molar-refractivity contribution in [2.45, 2.75) is 25.3 Å². The van der Waals surface area contributed by atoms with Crippen LogP contribution in [0.25, 0.3) is 0 Å². The van der Waals surface area contributed by atoms with Crippen molar-refractivity contribution in [3.63, 3.8) is 0 Å². The molecule has 144 valence electrons. The van der Waals surface area contributed by atoms with Gasteiger partial charge in [-0.15, -0.1) is 0 Å². The van der Waals surface area contributed by atoms with Gasteiger partial charge in [0.2, 0.25) is 0 Å². The number of fused-ring (bicyclic) bond motifs is 1. The minimum absolute atomic E-state index is 0.145. The van der Waals surface area contributed by atoms with E-state index in [0.717, 1.165) is 19.3 Å². The molecule has 1 heterocycles. The first-order chi connectivity index (χ1) is 13.6. The summed E-state index contributed by atoms with van der Waals surface area (Å²) >= 11 is 0. The van der Waals surface area contributed by atoms with Crippen molar-refractivity contribution in [2.75, 3.05) is 6.61 Å². The molecule has 6 heteroatoms. The summed E-state index contributed by atoms with van der Waals surface area (Å²) in [6, 6.07) is 11.6. The zero-order chi connectivity index (χ0) is 19.5. The van der Waals surface area contributed by atoms with E-state index in [2.05, 4.69) is 16.4 Å². The van der Waals surface area contributed by atoms with Crippen LogP contribution in [0.1, 0.15) is 35.0 Å². The van der Waals surface area contributed by atoms with Crippen LogP contribution in [0, 0.1) is 5.82 Å². The summed E-state index contributed by atoms with van der Waals surface area (Å²) in [7, 11) is 1.81. The molecule has 0 bridgehead atoms. The first-order valence-corrected chi connectivity index (χ1v) is 9.37. The zero-order valence-electron chi connectivity index (χ0n) is 15.7. The molecule has 1 aliphatic rings. The molecule has 1 aliphatic carbocycles. The molecule has 1 N–H and O–H groups in total. The van der Waals surface area contributed by atoms with Crippen molar-refractivity contribution in [3.05, 3.63) is 83.2 Å². The molecular weight excluding hydrogens is 357 g/mol. The number of halogens is 1. The molecule has 1 aromatic heterocycles. The number of hydrogen-bond donors (Lipinski definition) is 1. The predicted octanol–water partition coefficient (Wildman–Crippen LogP) is 3.33. The quantitative estimate of drug-likeness (QED) is 0.715. The van der Waals surface area contributed by atoms with Crippen LogP contribution in [-0.2, 0) is 24.7 Å². The van der Waals surface area contributed by atoms with Crippen LogP contribution in [0.3, 0.4) is 0 Å². The second-order valence-corrected chi connectivity index (χ2v) is 6.99. The van der Waals surface area contributed by atoms with Crippen molar-refractivity contribution in [3.8, 4) is 5.75 Å². The number of rotatable bonds is 6. The maximum Gasteiger partial charge on any atom is 0.258 e. The van der Waals surface area contributed by atoms with Gasteiger partial charge < -0.3 is 14.6 Å². The molecule has 0 spiro atoms. The maximum absolute atomic E-state index is 14.4. The third-order valence-corrected chi connectivity index (χ3v) is 5.08. The van der Waals surface area contributed by atoms with Gasteiger partial charge in [-0.1, -0.05) is 24.3 Å². The smallest absolute Gasteiger partial charge is 0.258 e. The van der Waals surface area contributed by atoms with Gasteiger partial charge in [0.05, 0.1) is 0 Å². The highest BCUT2D eigenvalue weighted by atomic mass is 19.1. The summed E-state index contributed by atoms with van der Waals surface area (Å²) < 4.78 is 21.8. The van der Waals surface area contributed by atoms with Crippen LogP contribution < -0.4 is 10.1 Å². The summed E-state index contributed by atoms with van der Waals surface area (Å²) in [6.07, 6.45) is 6.69. The number of ether oxygens (including phenoxy) is 1. The lowest BCUT2D eigenvalue weighted by Crippen LogP contribution is -2.35. The maximum atomic E-state index is 14.4. The molecule has 1 amide bonds. The van der Waals surface area contributed by atoms with Crippen LogP contribution in [0.15, 0.2) is 54.9 Å². The number of carbonyl (C=O) groups is 1. The van der Waals surface area contributed by atoms with E-state index in [1.807, 2.05) is 19.2 Å². The minimum atomic E-state index is -0.697. The number of hydrogen-bond acceptors (Lipinski definition) is 3. The van der Waals surface area contributed by atoms with Gasteiger partial charge in [0.1, 0.15) is 23.4 Å². The van der Waals surface area contributed by atoms with E-state index >= 15 is 0 Å². The van der Waals surface area contributed by atoms with Gasteiger partial charge in [0.15, 0.2) is 6.61 Å². The molecule has 3 aromatic rings. The first kappa shape index (κ1) is 18.2. The molecule has 0 saturated carbocycles. The van der Waals surface area contributed by atoms with Gasteiger partial charge in [-0.05, 0) is 48.6 Å². The highest BCUT2D eigenvalue weighted by molar-refractivity contribution is 5.78. The number of nitrogens with one attached hydrogen (secondary N) is 1. The highest BCUT2D eigenvalue weighted by Crippen LogP contribution is 2.26. The van der Waals surface area contributed by atoms with E-state index < -0.39 is 11.9 Å². The summed E-state index contributed by atoms with van der Waals surface area (Å²) in [6.45, 7) is -0.145. The molecule has 5 nitrogen and oxygen atoms in total. The second kappa shape index (κ2) is 7.84. The van der Waals surface area contributed by atoms with Gasteiger partial charge in [-0.25, -0.2) is 9.37 Å². The summed E-state index contributed by atoms with van der Waals surface area (Å²) in [5.74, 6) is 0.498. The van der Waals surface area contributed by atoms with Crippen molar-refractivity contribution < 1.29 is 13.9 Å². The number of nitrogens with zero attached hydrogens (tertiary/aromatic N) is 2. The Bertz CT molecular complexity index is 999. The number of aromatic nitrogens is 2. The fraction of sp³-hybridized carbons (Fsp3) is 0.273. The lowest BCUT2D eigenvalue weighted by Gasteiger charge is -2.20. The molecule has 0 fully saturated rings. The van der Waals surface area contributed by atoms with Gasteiger partial charge in [-0.3, -0.25) is 4.79 Å². The topological polar surface area (TPSA) is 56.2 Å². The van der Waals surface area contributed by atoms with Crippen molar-refractivity contribution in [2.24, 2.45) is 7.05 Å². The van der Waals surface area contributed by atoms with Crippen LogP contribution in [0.2, 0.25) is 0 Å². The third-order valence-electron chi connectivity index (χ3n) is 5.08. The number of benzene rings is 2. The van der Waals surface area contributed by atoms with E-state index in [1.54, 1.807) is 35.2 Å². The van der Waals surface area contributed by atoms with Gasteiger partial charge in [0, 0.05) is 25.0 Å². The van der Waals surface area contributed by atoms with Crippen LogP contribution in [-0.4, -0.2) is 22.1 Å². The molecule has 0 radical (unpaired) electrons. The van der Waals surface area contributed by atoms with Crippen LogP contribution in [0.5, 0.6) is 5.75 Å². The minimum Gasteiger partial charge on any atom is -0.484 e. The van der Waals surface area contributed by atoms with Crippen LogP contribution in [0.4, 0.5) is 4.39 Å². The molecular formula is C22H22FN3O2. The van der Waals surface area contributed by atoms with Gasteiger partial charge >= 0.3 is 0 Å². The average molecular weight is 379 g/mol. The molecule has 1 unspecified atom stereocenters. The molecule has 0 saturated heterocycles. The van der Waals surface area contributed by atoms with E-state index in [4.69, 9.17) is 4.74 Å². The summed E-state index contributed by atoms with van der Waals surface area (Å²) in [5.41, 5.74) is 3.00. The third kappa shape index (κ3) is 3.76. The SMILES string of the molecule is Cn1ccnc1C(NC(=O)COc1ccc2c(c1)CCC2)c1ccccc1F. The van der Waals surface area contributed by atoms with Crippen LogP contribution >= 0.6 is 0 Å². The number of aryl methyl sites for hydroxylation is 3. The van der Waals surface area contributed by atoms with E-state index in [-0.39, 0.29) is 12.5 Å². The van der Waals surface area contributed by atoms with E-state index in [1.165, 1.54) is 17.2 Å². The Balaban J connectivity index is 1.48. The normalized spacial score (nSPS) is 13.8. The average Bonchev–Trinajstić information content (AvgIpc) is 3.33. The Morgan fingerprint density at radius 1 is 1.25 bits per heavy atom. The van der Waals surface area contributed by atoms with Crippen molar-refractivity contribution >= 4 is 5.91 Å². The van der Waals surface area contributed by atoms with Crippen molar-refractivity contribution in [1.29, 1.82) is 0 Å². The molecule has 2 aromatic carbocycles. The lowest BCUT2D eigenvalue weighted by atomic mass is 10.1. The lowest BCUT2D eigenvalue weighted by molar-refractivity contribution is -0.123. The number of imidazole rings is 1.